The lowest BCUT2D eigenvalue weighted by atomic mass is 10.0. The maximum absolute atomic E-state index is 12.6. The molecule has 1 aliphatic heterocycles. The van der Waals surface area contributed by atoms with Gasteiger partial charge in [-0.3, -0.25) is 5.10 Å². The van der Waals surface area contributed by atoms with E-state index in [-0.39, 0.29) is 10.8 Å². The summed E-state index contributed by atoms with van der Waals surface area (Å²) in [4.78, 5) is 0.664. The summed E-state index contributed by atoms with van der Waals surface area (Å²) in [6.45, 7) is 4.26. The standard InChI is InChI=1S/C11H18N4O2S2/c1-7-10(8(2)14-13-7)19(16,17)15-5-3-4-9(6-15)11(12)18/h9H,3-6H2,1-2H3,(H2,12,18)(H,13,14). The third-order valence-electron chi connectivity index (χ3n) is 3.44. The van der Waals surface area contributed by atoms with E-state index in [0.717, 1.165) is 12.8 Å². The van der Waals surface area contributed by atoms with Crippen LogP contribution >= 0.6 is 12.2 Å². The Balaban J connectivity index is 2.32. The van der Waals surface area contributed by atoms with Crippen LogP contribution in [0.15, 0.2) is 4.90 Å². The van der Waals surface area contributed by atoms with Gasteiger partial charge in [-0.2, -0.15) is 9.40 Å². The zero-order valence-corrected chi connectivity index (χ0v) is 12.6. The van der Waals surface area contributed by atoms with Crippen LogP contribution in [0.4, 0.5) is 0 Å². The number of nitrogens with one attached hydrogen (secondary N) is 1. The summed E-state index contributed by atoms with van der Waals surface area (Å²) >= 11 is 4.98. The molecule has 0 amide bonds. The fourth-order valence-corrected chi connectivity index (χ4v) is 4.49. The van der Waals surface area contributed by atoms with Gasteiger partial charge in [0.15, 0.2) is 0 Å². The van der Waals surface area contributed by atoms with Gasteiger partial charge in [-0.1, -0.05) is 12.2 Å². The highest BCUT2D eigenvalue weighted by molar-refractivity contribution is 7.89. The first-order chi connectivity index (χ1) is 8.84. The van der Waals surface area contributed by atoms with E-state index in [4.69, 9.17) is 18.0 Å². The van der Waals surface area contributed by atoms with Crippen molar-refractivity contribution < 1.29 is 8.42 Å². The molecule has 106 valence electrons. The van der Waals surface area contributed by atoms with Gasteiger partial charge < -0.3 is 5.73 Å². The Morgan fingerprint density at radius 2 is 2.21 bits per heavy atom. The molecule has 0 saturated carbocycles. The molecule has 8 heteroatoms. The maximum atomic E-state index is 12.6. The summed E-state index contributed by atoms with van der Waals surface area (Å²) < 4.78 is 26.7. The minimum atomic E-state index is -3.52. The Hall–Kier alpha value is -0.990. The van der Waals surface area contributed by atoms with Crippen LogP contribution in [-0.2, 0) is 10.0 Å². The van der Waals surface area contributed by atoms with Gasteiger partial charge in [0.25, 0.3) is 0 Å². The number of H-pyrrole nitrogens is 1. The monoisotopic (exact) mass is 302 g/mol. The third kappa shape index (κ3) is 2.65. The van der Waals surface area contributed by atoms with Crippen molar-refractivity contribution in [3.8, 4) is 0 Å². The Labute approximate surface area is 118 Å². The SMILES string of the molecule is Cc1n[nH]c(C)c1S(=O)(=O)N1CCCC(C(N)=S)C1. The average molecular weight is 302 g/mol. The average Bonchev–Trinajstić information content (AvgIpc) is 2.69. The molecule has 0 aliphatic carbocycles. The van der Waals surface area contributed by atoms with E-state index in [0.29, 0.717) is 29.5 Å². The van der Waals surface area contributed by atoms with Crippen LogP contribution < -0.4 is 5.73 Å². The van der Waals surface area contributed by atoms with Gasteiger partial charge in [0.1, 0.15) is 4.90 Å². The number of aryl methyl sites for hydroxylation is 2. The molecule has 2 rings (SSSR count). The van der Waals surface area contributed by atoms with Crippen molar-refractivity contribution in [2.24, 2.45) is 11.7 Å². The second-order valence-electron chi connectivity index (χ2n) is 4.87. The van der Waals surface area contributed by atoms with Crippen molar-refractivity contribution in [1.82, 2.24) is 14.5 Å². The number of nitrogens with zero attached hydrogens (tertiary/aromatic N) is 2. The Kier molecular flexibility index (Phi) is 3.93. The number of nitrogens with two attached hydrogens (primary N) is 1. The molecule has 19 heavy (non-hydrogen) atoms. The molecule has 1 aliphatic rings. The lowest BCUT2D eigenvalue weighted by Crippen LogP contribution is -2.43. The van der Waals surface area contributed by atoms with Crippen LogP contribution in [-0.4, -0.2) is 41.0 Å². The first-order valence-corrected chi connectivity index (χ1v) is 8.00. The van der Waals surface area contributed by atoms with E-state index >= 15 is 0 Å². The van der Waals surface area contributed by atoms with E-state index in [1.807, 2.05) is 0 Å². The van der Waals surface area contributed by atoms with Crippen molar-refractivity contribution in [2.75, 3.05) is 13.1 Å². The van der Waals surface area contributed by atoms with Crippen LogP contribution in [0.25, 0.3) is 0 Å². The predicted molar refractivity (Wildman–Crippen MR) is 76.3 cm³/mol. The Morgan fingerprint density at radius 1 is 1.53 bits per heavy atom. The van der Waals surface area contributed by atoms with Gasteiger partial charge in [0.05, 0.1) is 16.4 Å². The van der Waals surface area contributed by atoms with Crippen LogP contribution in [0.2, 0.25) is 0 Å². The third-order valence-corrected chi connectivity index (χ3v) is 5.91. The quantitative estimate of drug-likeness (QED) is 0.802. The van der Waals surface area contributed by atoms with Gasteiger partial charge in [-0.25, -0.2) is 8.42 Å². The summed E-state index contributed by atoms with van der Waals surface area (Å²) in [5, 5.41) is 6.66. The largest absolute Gasteiger partial charge is 0.393 e. The van der Waals surface area contributed by atoms with E-state index in [1.54, 1.807) is 13.8 Å². The molecule has 1 aromatic rings. The van der Waals surface area contributed by atoms with Gasteiger partial charge >= 0.3 is 0 Å². The van der Waals surface area contributed by atoms with Crippen molar-refractivity contribution in [3.05, 3.63) is 11.4 Å². The molecule has 1 aromatic heterocycles. The van der Waals surface area contributed by atoms with Gasteiger partial charge in [0, 0.05) is 19.0 Å². The zero-order valence-electron chi connectivity index (χ0n) is 11.0. The Morgan fingerprint density at radius 3 is 2.74 bits per heavy atom. The summed E-state index contributed by atoms with van der Waals surface area (Å²) in [5.41, 5.74) is 6.70. The number of aromatic nitrogens is 2. The number of hydrogen-bond acceptors (Lipinski definition) is 4. The van der Waals surface area contributed by atoms with Gasteiger partial charge in [0.2, 0.25) is 10.0 Å². The molecule has 1 saturated heterocycles. The summed E-state index contributed by atoms with van der Waals surface area (Å²) in [7, 11) is -3.52. The fourth-order valence-electron chi connectivity index (χ4n) is 2.44. The first-order valence-electron chi connectivity index (χ1n) is 6.15. The van der Waals surface area contributed by atoms with E-state index in [2.05, 4.69) is 10.2 Å². The summed E-state index contributed by atoms with van der Waals surface area (Å²) in [6, 6.07) is 0. The maximum Gasteiger partial charge on any atom is 0.246 e. The lowest BCUT2D eigenvalue weighted by Gasteiger charge is -2.31. The molecule has 2 heterocycles. The van der Waals surface area contributed by atoms with E-state index in [9.17, 15) is 8.42 Å². The second kappa shape index (κ2) is 5.18. The van der Waals surface area contributed by atoms with Crippen LogP contribution in [0.3, 0.4) is 0 Å². The molecule has 1 fully saturated rings. The minimum absolute atomic E-state index is 0.0361. The minimum Gasteiger partial charge on any atom is -0.393 e. The van der Waals surface area contributed by atoms with Crippen molar-refractivity contribution >= 4 is 27.2 Å². The van der Waals surface area contributed by atoms with E-state index < -0.39 is 10.0 Å². The van der Waals surface area contributed by atoms with Crippen LogP contribution in [0.1, 0.15) is 24.2 Å². The highest BCUT2D eigenvalue weighted by atomic mass is 32.2. The molecule has 0 spiro atoms. The number of piperidine rings is 1. The number of hydrogen-bond donors (Lipinski definition) is 2. The molecule has 3 N–H and O–H groups in total. The van der Waals surface area contributed by atoms with Crippen LogP contribution in [0, 0.1) is 19.8 Å². The zero-order chi connectivity index (χ0) is 14.2. The molecule has 0 radical (unpaired) electrons. The summed E-state index contributed by atoms with van der Waals surface area (Å²) in [6.07, 6.45) is 1.63. The normalized spacial score (nSPS) is 21.5. The molecule has 1 unspecified atom stereocenters. The summed E-state index contributed by atoms with van der Waals surface area (Å²) in [5.74, 6) is -0.0361. The fraction of sp³-hybridized carbons (Fsp3) is 0.636. The first kappa shape index (κ1) is 14.4. The Bertz CT molecular complexity index is 574. The van der Waals surface area contributed by atoms with Gasteiger partial charge in [-0.15, -0.1) is 0 Å². The lowest BCUT2D eigenvalue weighted by molar-refractivity contribution is 0.312. The molecule has 1 atom stereocenters. The molecular weight excluding hydrogens is 284 g/mol. The second-order valence-corrected chi connectivity index (χ2v) is 7.21. The highest BCUT2D eigenvalue weighted by Crippen LogP contribution is 2.26. The molecule has 0 aromatic carbocycles. The van der Waals surface area contributed by atoms with Crippen molar-refractivity contribution in [1.29, 1.82) is 0 Å². The van der Waals surface area contributed by atoms with Crippen molar-refractivity contribution in [3.63, 3.8) is 0 Å². The topological polar surface area (TPSA) is 92.1 Å². The molecule has 6 nitrogen and oxygen atoms in total. The molecule has 0 bridgehead atoms. The predicted octanol–water partition coefficient (Wildman–Crippen LogP) is 0.713. The highest BCUT2D eigenvalue weighted by Gasteiger charge is 2.34. The number of sulfonamides is 1. The van der Waals surface area contributed by atoms with E-state index in [1.165, 1.54) is 4.31 Å². The smallest absolute Gasteiger partial charge is 0.246 e. The van der Waals surface area contributed by atoms with Gasteiger partial charge in [-0.05, 0) is 26.7 Å². The van der Waals surface area contributed by atoms with Crippen LogP contribution in [0.5, 0.6) is 0 Å². The number of aromatic amines is 1. The number of rotatable bonds is 3. The number of thiocarbonyl (C=S) groups is 1. The van der Waals surface area contributed by atoms with Crippen molar-refractivity contribution in [2.45, 2.75) is 31.6 Å². The molecular formula is C11H18N4O2S2.